The highest BCUT2D eigenvalue weighted by molar-refractivity contribution is 6.03. The Balaban J connectivity index is 1.43. The molecule has 2 N–H and O–H groups in total. The number of nitrogens with zero attached hydrogens (tertiary/aromatic N) is 1. The molecule has 0 aromatic heterocycles. The lowest BCUT2D eigenvalue weighted by Crippen LogP contribution is -2.58. The van der Waals surface area contributed by atoms with E-state index < -0.39 is 29.6 Å². The number of rotatable bonds is 7. The number of carbonyl (C=O) groups is 3. The number of benzene rings is 1. The molecule has 1 aliphatic carbocycles. The van der Waals surface area contributed by atoms with Crippen LogP contribution in [0, 0.1) is 11.8 Å². The molecule has 188 valence electrons. The monoisotopic (exact) mass is 481 g/mol. The highest BCUT2D eigenvalue weighted by Crippen LogP contribution is 2.55. The summed E-state index contributed by atoms with van der Waals surface area (Å²) in [6.07, 6.45) is 9.19. The molecule has 3 aliphatic heterocycles. The number of likely N-dealkylation sites (tertiary alicyclic amines) is 1. The maximum Gasteiger partial charge on any atom is 0.246 e. The van der Waals surface area contributed by atoms with Crippen molar-refractivity contribution in [1.29, 1.82) is 0 Å². The molecule has 1 aromatic rings. The van der Waals surface area contributed by atoms with Crippen LogP contribution in [0.1, 0.15) is 52.4 Å². The maximum absolute atomic E-state index is 13.9. The molecule has 3 fully saturated rings. The average Bonchev–Trinajstić information content (AvgIpc) is 3.52. The van der Waals surface area contributed by atoms with Crippen molar-refractivity contribution in [2.75, 3.05) is 12.4 Å². The Kier molecular flexibility index (Phi) is 6.34. The van der Waals surface area contributed by atoms with E-state index in [0.717, 1.165) is 25.7 Å². The molecular formula is C27H35N3O5. The summed E-state index contributed by atoms with van der Waals surface area (Å²) in [5, 5.41) is 6.15. The molecule has 1 spiro atoms. The van der Waals surface area contributed by atoms with Gasteiger partial charge in [0.05, 0.1) is 25.0 Å². The number of amides is 3. The number of hydrogen-bond donors (Lipinski definition) is 2. The first-order valence-corrected chi connectivity index (χ1v) is 12.8. The summed E-state index contributed by atoms with van der Waals surface area (Å²) < 4.78 is 11.6. The van der Waals surface area contributed by atoms with Crippen molar-refractivity contribution in [2.45, 2.75) is 82.2 Å². The van der Waals surface area contributed by atoms with Crippen LogP contribution in [0.25, 0.3) is 0 Å². The molecule has 6 atom stereocenters. The van der Waals surface area contributed by atoms with Gasteiger partial charge in [-0.1, -0.05) is 38.3 Å². The second-order valence-electron chi connectivity index (χ2n) is 10.3. The van der Waals surface area contributed by atoms with Gasteiger partial charge in [-0.05, 0) is 50.5 Å². The maximum atomic E-state index is 13.9. The third-order valence-electron chi connectivity index (χ3n) is 8.24. The van der Waals surface area contributed by atoms with Crippen molar-refractivity contribution < 1.29 is 23.9 Å². The van der Waals surface area contributed by atoms with Crippen molar-refractivity contribution >= 4 is 23.4 Å². The molecule has 1 aromatic carbocycles. The zero-order chi connectivity index (χ0) is 24.7. The number of anilines is 1. The third-order valence-corrected chi connectivity index (χ3v) is 8.24. The van der Waals surface area contributed by atoms with Gasteiger partial charge < -0.3 is 25.0 Å². The second kappa shape index (κ2) is 9.30. The summed E-state index contributed by atoms with van der Waals surface area (Å²) in [7, 11) is 1.58. The normalized spacial score (nSPS) is 32.4. The lowest BCUT2D eigenvalue weighted by Gasteiger charge is -2.36. The van der Waals surface area contributed by atoms with Gasteiger partial charge in [0.1, 0.15) is 17.4 Å². The number of ether oxygens (including phenoxy) is 2. The van der Waals surface area contributed by atoms with Gasteiger partial charge in [-0.3, -0.25) is 14.4 Å². The van der Waals surface area contributed by atoms with Gasteiger partial charge in [-0.2, -0.15) is 0 Å². The number of carbonyl (C=O) groups excluding carboxylic acids is 3. The van der Waals surface area contributed by atoms with E-state index in [4.69, 9.17) is 9.47 Å². The zero-order valence-corrected chi connectivity index (χ0v) is 20.7. The van der Waals surface area contributed by atoms with E-state index in [-0.39, 0.29) is 29.8 Å². The number of methoxy groups -OCH3 is 1. The summed E-state index contributed by atoms with van der Waals surface area (Å²) >= 11 is 0. The highest BCUT2D eigenvalue weighted by atomic mass is 16.5. The quantitative estimate of drug-likeness (QED) is 0.584. The van der Waals surface area contributed by atoms with Crippen LogP contribution >= 0.6 is 0 Å². The molecule has 8 nitrogen and oxygen atoms in total. The summed E-state index contributed by atoms with van der Waals surface area (Å²) in [5.41, 5.74) is -0.501. The van der Waals surface area contributed by atoms with Crippen molar-refractivity contribution in [3.05, 3.63) is 36.4 Å². The Bertz CT molecular complexity index is 1020. The SMILES string of the molecule is CCC(C)N1C(=O)[C@H]2C(C(=O)Nc3ccc(OC)cc3)[C@H]3C=C[C@@]2(O3)C1C(=O)NC1CCCCC1. The molecule has 4 aliphatic rings. The fourth-order valence-corrected chi connectivity index (χ4v) is 6.30. The molecule has 3 heterocycles. The molecule has 8 heteroatoms. The molecule has 1 saturated carbocycles. The third kappa shape index (κ3) is 3.92. The Hall–Kier alpha value is -2.87. The van der Waals surface area contributed by atoms with Crippen molar-refractivity contribution in [3.63, 3.8) is 0 Å². The van der Waals surface area contributed by atoms with Crippen LogP contribution in [-0.4, -0.2) is 59.6 Å². The van der Waals surface area contributed by atoms with Gasteiger partial charge in [-0.25, -0.2) is 0 Å². The molecule has 0 radical (unpaired) electrons. The highest BCUT2D eigenvalue weighted by Gasteiger charge is 2.73. The Morgan fingerprint density at radius 1 is 1.17 bits per heavy atom. The van der Waals surface area contributed by atoms with E-state index in [9.17, 15) is 14.4 Å². The van der Waals surface area contributed by atoms with Crippen LogP contribution in [0.3, 0.4) is 0 Å². The van der Waals surface area contributed by atoms with Gasteiger partial charge in [0.15, 0.2) is 0 Å². The van der Waals surface area contributed by atoms with E-state index >= 15 is 0 Å². The van der Waals surface area contributed by atoms with Crippen LogP contribution in [0.2, 0.25) is 0 Å². The molecule has 3 unspecified atom stereocenters. The van der Waals surface area contributed by atoms with Gasteiger partial charge in [0, 0.05) is 17.8 Å². The smallest absolute Gasteiger partial charge is 0.246 e. The van der Waals surface area contributed by atoms with E-state index in [1.165, 1.54) is 6.42 Å². The van der Waals surface area contributed by atoms with Crippen molar-refractivity contribution in [1.82, 2.24) is 10.2 Å². The summed E-state index contributed by atoms with van der Waals surface area (Å²) in [6.45, 7) is 3.96. The van der Waals surface area contributed by atoms with Gasteiger partial charge in [0.2, 0.25) is 17.7 Å². The average molecular weight is 482 g/mol. The topological polar surface area (TPSA) is 97.0 Å². The van der Waals surface area contributed by atoms with Gasteiger partial charge in [0.25, 0.3) is 0 Å². The Labute approximate surface area is 206 Å². The fourth-order valence-electron chi connectivity index (χ4n) is 6.30. The number of nitrogens with one attached hydrogen (secondary N) is 2. The predicted molar refractivity (Wildman–Crippen MR) is 131 cm³/mol. The van der Waals surface area contributed by atoms with Crippen LogP contribution in [0.5, 0.6) is 5.75 Å². The predicted octanol–water partition coefficient (Wildman–Crippen LogP) is 3.03. The van der Waals surface area contributed by atoms with Crippen LogP contribution in [-0.2, 0) is 19.1 Å². The minimum atomic E-state index is -1.12. The summed E-state index contributed by atoms with van der Waals surface area (Å²) in [4.78, 5) is 42.7. The standard InChI is InChI=1S/C27H35N3O5/c1-4-16(2)30-23(25(32)29-17-8-6-5-7-9-17)27-15-14-20(35-27)21(22(27)26(30)33)24(31)28-18-10-12-19(34-3)13-11-18/h10-17,20-23H,4-9H2,1-3H3,(H,28,31)(H,29,32)/t16?,20-,21?,22-,23?,27+/m1/s1. The molecule has 5 rings (SSSR count). The van der Waals surface area contributed by atoms with E-state index in [2.05, 4.69) is 10.6 Å². The van der Waals surface area contributed by atoms with Crippen LogP contribution in [0.4, 0.5) is 5.69 Å². The number of hydrogen-bond acceptors (Lipinski definition) is 5. The lowest BCUT2D eigenvalue weighted by molar-refractivity contribution is -0.143. The minimum Gasteiger partial charge on any atom is -0.497 e. The van der Waals surface area contributed by atoms with Crippen molar-refractivity contribution in [3.8, 4) is 5.75 Å². The first kappa shape index (κ1) is 23.9. The first-order valence-electron chi connectivity index (χ1n) is 12.8. The summed E-state index contributed by atoms with van der Waals surface area (Å²) in [6, 6.07) is 6.26. The zero-order valence-electron chi connectivity index (χ0n) is 20.7. The van der Waals surface area contributed by atoms with E-state index in [0.29, 0.717) is 17.9 Å². The largest absolute Gasteiger partial charge is 0.497 e. The molecule has 2 saturated heterocycles. The summed E-state index contributed by atoms with van der Waals surface area (Å²) in [5.74, 6) is -1.36. The number of fused-ring (bicyclic) bond motifs is 1. The Morgan fingerprint density at radius 2 is 1.89 bits per heavy atom. The molecular weight excluding hydrogens is 446 g/mol. The van der Waals surface area contributed by atoms with E-state index in [1.807, 2.05) is 26.0 Å². The van der Waals surface area contributed by atoms with Crippen molar-refractivity contribution in [2.24, 2.45) is 11.8 Å². The van der Waals surface area contributed by atoms with Gasteiger partial charge in [-0.15, -0.1) is 0 Å². The van der Waals surface area contributed by atoms with Gasteiger partial charge >= 0.3 is 0 Å². The van der Waals surface area contributed by atoms with Crippen LogP contribution < -0.4 is 15.4 Å². The molecule has 35 heavy (non-hydrogen) atoms. The van der Waals surface area contributed by atoms with E-state index in [1.54, 1.807) is 36.3 Å². The van der Waals surface area contributed by atoms with Crippen LogP contribution in [0.15, 0.2) is 36.4 Å². The second-order valence-corrected chi connectivity index (χ2v) is 10.3. The lowest BCUT2D eigenvalue weighted by atomic mass is 9.74. The molecule has 2 bridgehead atoms. The fraction of sp³-hybridized carbons (Fsp3) is 0.593. The Morgan fingerprint density at radius 3 is 2.54 bits per heavy atom. The minimum absolute atomic E-state index is 0.123. The molecule has 3 amide bonds. The first-order chi connectivity index (χ1) is 16.9.